The van der Waals surface area contributed by atoms with Crippen LogP contribution in [0.15, 0.2) is 36.4 Å². The molecule has 25 heavy (non-hydrogen) atoms. The second kappa shape index (κ2) is 7.43. The predicted octanol–water partition coefficient (Wildman–Crippen LogP) is 4.42. The first-order valence-corrected chi connectivity index (χ1v) is 9.75. The molecule has 0 saturated heterocycles. The summed E-state index contributed by atoms with van der Waals surface area (Å²) in [4.78, 5) is 19.9. The third-order valence-corrected chi connectivity index (χ3v) is 5.70. The fraction of sp³-hybridized carbons (Fsp3) is 0.333. The van der Waals surface area contributed by atoms with Crippen LogP contribution in [0.1, 0.15) is 31.2 Å². The van der Waals surface area contributed by atoms with Crippen molar-refractivity contribution in [2.24, 2.45) is 5.41 Å². The lowest BCUT2D eigenvalue weighted by molar-refractivity contribution is -0.154. The highest BCUT2D eigenvalue weighted by Gasteiger charge is 2.26. The number of halogens is 1. The summed E-state index contributed by atoms with van der Waals surface area (Å²) in [6, 6.07) is 12.0. The lowest BCUT2D eigenvalue weighted by Crippen LogP contribution is -2.31. The summed E-state index contributed by atoms with van der Waals surface area (Å²) in [7, 11) is 0. The molecule has 0 aliphatic heterocycles. The van der Waals surface area contributed by atoms with Crippen molar-refractivity contribution in [2.75, 3.05) is 0 Å². The van der Waals surface area contributed by atoms with E-state index in [0.29, 0.717) is 13.2 Å². The Kier molecular flexibility index (Phi) is 5.45. The fourth-order valence-electron chi connectivity index (χ4n) is 2.10. The zero-order valence-electron chi connectivity index (χ0n) is 14.3. The Morgan fingerprint density at radius 1 is 1.24 bits per heavy atom. The molecule has 2 heterocycles. The molecule has 0 spiro atoms. The van der Waals surface area contributed by atoms with Crippen LogP contribution in [0.5, 0.6) is 0 Å². The minimum absolute atomic E-state index is 0.318. The van der Waals surface area contributed by atoms with Crippen LogP contribution >= 0.6 is 33.9 Å². The number of hydrogen-bond acceptors (Lipinski definition) is 5. The number of aromatic nitrogens is 2. The maximum Gasteiger partial charge on any atom is 0.340 e. The summed E-state index contributed by atoms with van der Waals surface area (Å²) in [5.74, 6) is -0.318. The van der Waals surface area contributed by atoms with Crippen molar-refractivity contribution in [2.45, 2.75) is 34.0 Å². The molecular formula is C18H19IN2O3S. The van der Waals surface area contributed by atoms with E-state index in [1.54, 1.807) is 11.3 Å². The standard InChI is InChI=1S/C18H19IN2O3S/c1-18(2,3)17(22)24-21-14-9-13(25-15(14)16(19)20-21)11-23-10-12-7-5-4-6-8-12/h4-9H,10-11H2,1-3H3. The van der Waals surface area contributed by atoms with Crippen molar-refractivity contribution in [3.05, 3.63) is 50.5 Å². The van der Waals surface area contributed by atoms with Crippen LogP contribution in [0.3, 0.4) is 0 Å². The molecule has 3 aromatic rings. The summed E-state index contributed by atoms with van der Waals surface area (Å²) in [6.45, 7) is 6.53. The number of ether oxygens (including phenoxy) is 1. The molecule has 3 rings (SSSR count). The van der Waals surface area contributed by atoms with Crippen molar-refractivity contribution < 1.29 is 14.4 Å². The van der Waals surface area contributed by atoms with E-state index >= 15 is 0 Å². The topological polar surface area (TPSA) is 53.4 Å². The van der Waals surface area contributed by atoms with Gasteiger partial charge in [0.05, 0.1) is 23.3 Å². The molecule has 0 aliphatic rings. The third-order valence-electron chi connectivity index (χ3n) is 3.47. The fourth-order valence-corrected chi connectivity index (χ4v) is 3.84. The number of fused-ring (bicyclic) bond motifs is 1. The first-order chi connectivity index (χ1) is 11.8. The van der Waals surface area contributed by atoms with Crippen molar-refractivity contribution in [3.8, 4) is 0 Å². The summed E-state index contributed by atoms with van der Waals surface area (Å²) in [5, 5.41) is 4.30. The summed E-state index contributed by atoms with van der Waals surface area (Å²) in [6.07, 6.45) is 0. The van der Waals surface area contributed by atoms with Gasteiger partial charge in [-0.05, 0) is 55.0 Å². The van der Waals surface area contributed by atoms with E-state index in [1.807, 2.05) is 57.2 Å². The number of carbonyl (C=O) groups is 1. The lowest BCUT2D eigenvalue weighted by atomic mass is 9.98. The van der Waals surface area contributed by atoms with Crippen molar-refractivity contribution in [1.82, 2.24) is 9.94 Å². The van der Waals surface area contributed by atoms with Gasteiger partial charge in [0.25, 0.3) is 0 Å². The number of carbonyl (C=O) groups excluding carboxylic acids is 1. The van der Waals surface area contributed by atoms with E-state index in [-0.39, 0.29) is 5.97 Å². The average molecular weight is 470 g/mol. The molecule has 132 valence electrons. The monoisotopic (exact) mass is 470 g/mol. The zero-order chi connectivity index (χ0) is 18.0. The second-order valence-corrected chi connectivity index (χ2v) is 8.86. The van der Waals surface area contributed by atoms with Gasteiger partial charge in [0.2, 0.25) is 0 Å². The van der Waals surface area contributed by atoms with Gasteiger partial charge in [-0.1, -0.05) is 35.2 Å². The normalized spacial score (nSPS) is 11.8. The number of benzene rings is 1. The molecule has 0 N–H and O–H groups in total. The third kappa shape index (κ3) is 4.39. The van der Waals surface area contributed by atoms with Crippen LogP contribution in [0.2, 0.25) is 0 Å². The van der Waals surface area contributed by atoms with E-state index in [0.717, 1.165) is 24.4 Å². The zero-order valence-corrected chi connectivity index (χ0v) is 17.3. The molecule has 0 fully saturated rings. The maximum atomic E-state index is 12.1. The van der Waals surface area contributed by atoms with Gasteiger partial charge in [0, 0.05) is 4.88 Å². The van der Waals surface area contributed by atoms with Gasteiger partial charge in [0.15, 0.2) is 0 Å². The molecule has 0 saturated carbocycles. The van der Waals surface area contributed by atoms with Crippen LogP contribution in [-0.2, 0) is 22.7 Å². The number of rotatable bonds is 5. The van der Waals surface area contributed by atoms with Crippen molar-refractivity contribution in [1.29, 1.82) is 0 Å². The average Bonchev–Trinajstić information content (AvgIpc) is 3.09. The number of hydrogen-bond donors (Lipinski definition) is 0. The van der Waals surface area contributed by atoms with Crippen LogP contribution in [0, 0.1) is 9.12 Å². The van der Waals surface area contributed by atoms with E-state index in [4.69, 9.17) is 9.57 Å². The maximum absolute atomic E-state index is 12.1. The highest BCUT2D eigenvalue weighted by Crippen LogP contribution is 2.30. The Labute approximate surface area is 164 Å². The van der Waals surface area contributed by atoms with Gasteiger partial charge in [0.1, 0.15) is 9.22 Å². The van der Waals surface area contributed by atoms with E-state index in [9.17, 15) is 4.79 Å². The molecule has 0 unspecified atom stereocenters. The molecule has 0 aliphatic carbocycles. The SMILES string of the molecule is CC(C)(C)C(=O)On1nc(I)c2sc(COCc3ccccc3)cc21. The van der Waals surface area contributed by atoms with E-state index in [2.05, 4.69) is 27.7 Å². The molecule has 0 radical (unpaired) electrons. The van der Waals surface area contributed by atoms with Gasteiger partial charge in [-0.25, -0.2) is 4.79 Å². The van der Waals surface area contributed by atoms with Gasteiger partial charge >= 0.3 is 5.97 Å². The Bertz CT molecular complexity index is 881. The molecule has 2 aromatic heterocycles. The van der Waals surface area contributed by atoms with Gasteiger partial charge in [-0.15, -0.1) is 16.4 Å². The van der Waals surface area contributed by atoms with E-state index in [1.165, 1.54) is 4.85 Å². The molecule has 7 heteroatoms. The Morgan fingerprint density at radius 3 is 2.64 bits per heavy atom. The molecular weight excluding hydrogens is 451 g/mol. The van der Waals surface area contributed by atoms with E-state index < -0.39 is 5.41 Å². The lowest BCUT2D eigenvalue weighted by Gasteiger charge is -2.15. The van der Waals surface area contributed by atoms with Gasteiger partial charge < -0.3 is 9.57 Å². The quantitative estimate of drug-likeness (QED) is 0.519. The Morgan fingerprint density at radius 2 is 1.96 bits per heavy atom. The number of nitrogens with zero attached hydrogens (tertiary/aromatic N) is 2. The Hall–Kier alpha value is -1.45. The molecule has 0 bridgehead atoms. The minimum Gasteiger partial charge on any atom is -0.371 e. The molecule has 0 atom stereocenters. The summed E-state index contributed by atoms with van der Waals surface area (Å²) in [5.41, 5.74) is 1.36. The molecule has 5 nitrogen and oxygen atoms in total. The highest BCUT2D eigenvalue weighted by molar-refractivity contribution is 14.1. The van der Waals surface area contributed by atoms with Crippen molar-refractivity contribution >= 4 is 50.1 Å². The van der Waals surface area contributed by atoms with Crippen LogP contribution in [-0.4, -0.2) is 15.9 Å². The van der Waals surface area contributed by atoms with Crippen LogP contribution < -0.4 is 4.84 Å². The van der Waals surface area contributed by atoms with Gasteiger partial charge in [-0.2, -0.15) is 0 Å². The van der Waals surface area contributed by atoms with Gasteiger partial charge in [-0.3, -0.25) is 0 Å². The van der Waals surface area contributed by atoms with Crippen LogP contribution in [0.4, 0.5) is 0 Å². The summed E-state index contributed by atoms with van der Waals surface area (Å²) >= 11 is 3.76. The van der Waals surface area contributed by atoms with Crippen LogP contribution in [0.25, 0.3) is 10.2 Å². The molecule has 0 amide bonds. The Balaban J connectivity index is 1.71. The first kappa shape index (κ1) is 18.3. The number of thiophene rings is 1. The predicted molar refractivity (Wildman–Crippen MR) is 106 cm³/mol. The van der Waals surface area contributed by atoms with Crippen molar-refractivity contribution in [3.63, 3.8) is 0 Å². The first-order valence-electron chi connectivity index (χ1n) is 7.86. The largest absolute Gasteiger partial charge is 0.371 e. The second-order valence-electron chi connectivity index (χ2n) is 6.70. The highest BCUT2D eigenvalue weighted by atomic mass is 127. The smallest absolute Gasteiger partial charge is 0.340 e. The molecule has 1 aromatic carbocycles. The minimum atomic E-state index is -0.582. The summed E-state index contributed by atoms with van der Waals surface area (Å²) < 4.78 is 7.60.